The van der Waals surface area contributed by atoms with Gasteiger partial charge in [-0.3, -0.25) is 0 Å². The van der Waals surface area contributed by atoms with Gasteiger partial charge in [0.25, 0.3) is 5.95 Å². The van der Waals surface area contributed by atoms with Gasteiger partial charge >= 0.3 is 6.09 Å². The second-order valence-electron chi connectivity index (χ2n) is 4.89. The zero-order valence-corrected chi connectivity index (χ0v) is 11.5. The van der Waals surface area contributed by atoms with Crippen molar-refractivity contribution in [3.05, 3.63) is 53.9 Å². The molecule has 0 saturated carbocycles. The van der Waals surface area contributed by atoms with Crippen LogP contribution < -0.4 is 5.48 Å². The minimum Gasteiger partial charge on any atom is -0.321 e. The number of likely N-dealkylation sites (tertiary alicyclic amines) is 1. The lowest BCUT2D eigenvalue weighted by molar-refractivity contribution is 0.0975. The Balaban J connectivity index is 1.53. The standard InChI is InChI=1S/C15H16N4O2/c20-15(19-7-4-8-19)21-18-14-16-10-13(11-17-14)9-12-5-2-1-3-6-12/h1-3,5-6,10-11H,4,7-9H2,(H,16,17,18). The van der Waals surface area contributed by atoms with E-state index in [-0.39, 0.29) is 5.95 Å². The average Bonchev–Trinajstić information content (AvgIpc) is 2.46. The Hall–Kier alpha value is -2.63. The zero-order valence-electron chi connectivity index (χ0n) is 11.5. The summed E-state index contributed by atoms with van der Waals surface area (Å²) < 4.78 is 0. The van der Waals surface area contributed by atoms with Crippen LogP contribution in [0.3, 0.4) is 0 Å². The first-order chi connectivity index (χ1) is 10.3. The molecular weight excluding hydrogens is 268 g/mol. The monoisotopic (exact) mass is 284 g/mol. The van der Waals surface area contributed by atoms with Crippen molar-refractivity contribution < 1.29 is 9.63 Å². The van der Waals surface area contributed by atoms with E-state index in [4.69, 9.17) is 4.84 Å². The van der Waals surface area contributed by atoms with Gasteiger partial charge in [-0.2, -0.15) is 5.48 Å². The van der Waals surface area contributed by atoms with E-state index in [0.717, 1.165) is 31.5 Å². The van der Waals surface area contributed by atoms with E-state index in [2.05, 4.69) is 27.6 Å². The Morgan fingerprint density at radius 1 is 1.14 bits per heavy atom. The van der Waals surface area contributed by atoms with Crippen molar-refractivity contribution >= 4 is 12.0 Å². The SMILES string of the molecule is O=C(ONc1ncc(Cc2ccccc2)cn1)N1CCC1. The molecule has 0 atom stereocenters. The summed E-state index contributed by atoms with van der Waals surface area (Å²) in [6.07, 6.45) is 4.85. The largest absolute Gasteiger partial charge is 0.434 e. The summed E-state index contributed by atoms with van der Waals surface area (Å²) in [7, 11) is 0. The highest BCUT2D eigenvalue weighted by Gasteiger charge is 2.21. The molecule has 1 amide bonds. The molecule has 6 nitrogen and oxygen atoms in total. The van der Waals surface area contributed by atoms with Gasteiger partial charge in [0, 0.05) is 31.9 Å². The van der Waals surface area contributed by atoms with Crippen LogP contribution in [0.15, 0.2) is 42.7 Å². The highest BCUT2D eigenvalue weighted by atomic mass is 16.7. The van der Waals surface area contributed by atoms with Gasteiger partial charge in [0.2, 0.25) is 0 Å². The Labute approximate surface area is 122 Å². The number of carbonyl (C=O) groups excluding carboxylic acids is 1. The molecule has 108 valence electrons. The van der Waals surface area contributed by atoms with Crippen LogP contribution in [-0.4, -0.2) is 34.1 Å². The fourth-order valence-corrected chi connectivity index (χ4v) is 1.98. The number of hydrogen-bond donors (Lipinski definition) is 1. The van der Waals surface area contributed by atoms with E-state index >= 15 is 0 Å². The molecule has 1 N–H and O–H groups in total. The number of amides is 1. The van der Waals surface area contributed by atoms with Gasteiger partial charge in [-0.15, -0.1) is 0 Å². The molecule has 1 aromatic carbocycles. The van der Waals surface area contributed by atoms with Crippen LogP contribution in [0, 0.1) is 0 Å². The number of nitrogens with zero attached hydrogens (tertiary/aromatic N) is 3. The average molecular weight is 284 g/mol. The van der Waals surface area contributed by atoms with Gasteiger partial charge in [-0.1, -0.05) is 30.3 Å². The number of benzene rings is 1. The molecule has 2 heterocycles. The number of anilines is 1. The molecule has 0 radical (unpaired) electrons. The maximum absolute atomic E-state index is 11.5. The van der Waals surface area contributed by atoms with Crippen LogP contribution in [-0.2, 0) is 11.3 Å². The lowest BCUT2D eigenvalue weighted by Gasteiger charge is -2.29. The predicted molar refractivity (Wildman–Crippen MR) is 77.6 cm³/mol. The van der Waals surface area contributed by atoms with Crippen molar-refractivity contribution in [2.24, 2.45) is 0 Å². The maximum atomic E-state index is 11.5. The maximum Gasteiger partial charge on any atom is 0.434 e. The summed E-state index contributed by atoms with van der Waals surface area (Å²) in [6.45, 7) is 1.49. The second-order valence-corrected chi connectivity index (χ2v) is 4.89. The van der Waals surface area contributed by atoms with E-state index in [9.17, 15) is 4.79 Å². The Morgan fingerprint density at radius 2 is 1.86 bits per heavy atom. The summed E-state index contributed by atoms with van der Waals surface area (Å²) in [5.41, 5.74) is 4.67. The third-order valence-corrected chi connectivity index (χ3v) is 3.30. The summed E-state index contributed by atoms with van der Waals surface area (Å²) in [5.74, 6) is 0.278. The minimum atomic E-state index is -0.391. The van der Waals surface area contributed by atoms with Crippen molar-refractivity contribution in [1.82, 2.24) is 14.9 Å². The third-order valence-electron chi connectivity index (χ3n) is 3.30. The molecular formula is C15H16N4O2. The molecule has 21 heavy (non-hydrogen) atoms. The number of carbonyl (C=O) groups is 1. The highest BCUT2D eigenvalue weighted by molar-refractivity contribution is 5.69. The Bertz CT molecular complexity index is 597. The van der Waals surface area contributed by atoms with Gasteiger partial charge in [-0.25, -0.2) is 14.8 Å². The van der Waals surface area contributed by atoms with Crippen LogP contribution in [0.1, 0.15) is 17.5 Å². The first-order valence-corrected chi connectivity index (χ1v) is 6.88. The van der Waals surface area contributed by atoms with Crippen molar-refractivity contribution in [3.8, 4) is 0 Å². The van der Waals surface area contributed by atoms with E-state index in [1.807, 2.05) is 18.2 Å². The van der Waals surface area contributed by atoms with Crippen LogP contribution in [0.25, 0.3) is 0 Å². The van der Waals surface area contributed by atoms with Gasteiger partial charge in [0.05, 0.1) is 0 Å². The number of aromatic nitrogens is 2. The molecule has 0 aliphatic carbocycles. The summed E-state index contributed by atoms with van der Waals surface area (Å²) in [5, 5.41) is 0. The van der Waals surface area contributed by atoms with Crippen molar-refractivity contribution in [1.29, 1.82) is 0 Å². The predicted octanol–water partition coefficient (Wildman–Crippen LogP) is 2.24. The summed E-state index contributed by atoms with van der Waals surface area (Å²) in [4.78, 5) is 26.3. The van der Waals surface area contributed by atoms with E-state index < -0.39 is 6.09 Å². The van der Waals surface area contributed by atoms with Crippen molar-refractivity contribution in [2.75, 3.05) is 18.6 Å². The molecule has 2 aromatic rings. The van der Waals surface area contributed by atoms with E-state index in [1.165, 1.54) is 5.56 Å². The van der Waals surface area contributed by atoms with Crippen LogP contribution in [0.2, 0.25) is 0 Å². The van der Waals surface area contributed by atoms with Gasteiger partial charge in [0.15, 0.2) is 0 Å². The molecule has 1 aromatic heterocycles. The lowest BCUT2D eigenvalue weighted by atomic mass is 10.1. The smallest absolute Gasteiger partial charge is 0.321 e. The second kappa shape index (κ2) is 6.21. The van der Waals surface area contributed by atoms with Crippen LogP contribution >= 0.6 is 0 Å². The van der Waals surface area contributed by atoms with Crippen LogP contribution in [0.5, 0.6) is 0 Å². The van der Waals surface area contributed by atoms with E-state index in [1.54, 1.807) is 17.3 Å². The highest BCUT2D eigenvalue weighted by Crippen LogP contribution is 2.10. The Kier molecular flexibility index (Phi) is 3.95. The fourth-order valence-electron chi connectivity index (χ4n) is 1.98. The minimum absolute atomic E-state index is 0.278. The molecule has 0 spiro atoms. The van der Waals surface area contributed by atoms with Gasteiger partial charge in [-0.05, 0) is 17.5 Å². The quantitative estimate of drug-likeness (QED) is 0.872. The summed E-state index contributed by atoms with van der Waals surface area (Å²) in [6, 6.07) is 10.1. The molecule has 1 aliphatic rings. The molecule has 1 aliphatic heterocycles. The molecule has 1 fully saturated rings. The molecule has 3 rings (SSSR count). The van der Waals surface area contributed by atoms with Crippen LogP contribution in [0.4, 0.5) is 10.7 Å². The van der Waals surface area contributed by atoms with E-state index in [0.29, 0.717) is 0 Å². The molecule has 6 heteroatoms. The first-order valence-electron chi connectivity index (χ1n) is 6.88. The first kappa shape index (κ1) is 13.4. The van der Waals surface area contributed by atoms with Crippen molar-refractivity contribution in [3.63, 3.8) is 0 Å². The number of nitrogens with one attached hydrogen (secondary N) is 1. The van der Waals surface area contributed by atoms with Crippen molar-refractivity contribution in [2.45, 2.75) is 12.8 Å². The number of rotatable bonds is 4. The summed E-state index contributed by atoms with van der Waals surface area (Å²) >= 11 is 0. The number of hydrogen-bond acceptors (Lipinski definition) is 5. The van der Waals surface area contributed by atoms with Gasteiger partial charge in [0.1, 0.15) is 0 Å². The zero-order chi connectivity index (χ0) is 14.5. The molecule has 1 saturated heterocycles. The van der Waals surface area contributed by atoms with Gasteiger partial charge < -0.3 is 9.74 Å². The molecule has 0 unspecified atom stereocenters. The normalized spacial score (nSPS) is 13.4. The lowest BCUT2D eigenvalue weighted by Crippen LogP contribution is -2.43. The molecule has 0 bridgehead atoms. The Morgan fingerprint density at radius 3 is 2.48 bits per heavy atom. The topological polar surface area (TPSA) is 67.3 Å². The third kappa shape index (κ3) is 3.47. The fraction of sp³-hybridized carbons (Fsp3) is 0.267.